The number of halogens is 1. The Morgan fingerprint density at radius 2 is 1.97 bits per heavy atom. The van der Waals surface area contributed by atoms with E-state index in [0.29, 0.717) is 15.8 Å². The number of amides is 2. The quantitative estimate of drug-likeness (QED) is 0.405. The molecule has 2 aliphatic carbocycles. The van der Waals surface area contributed by atoms with Crippen molar-refractivity contribution in [2.24, 2.45) is 5.92 Å². The molecule has 2 amide bonds. The van der Waals surface area contributed by atoms with Gasteiger partial charge in [0, 0.05) is 17.1 Å². The number of nitrogens with zero attached hydrogens (tertiary/aromatic N) is 1. The minimum Gasteiger partial charge on any atom is -0.376 e. The lowest BCUT2D eigenvalue weighted by Crippen LogP contribution is -2.48. The Balaban J connectivity index is 1.43. The van der Waals surface area contributed by atoms with Crippen LogP contribution >= 0.6 is 22.9 Å². The number of anilines is 1. The number of carbonyl (C=O) groups is 2. The average Bonchev–Trinajstić information content (AvgIpc) is 3.25. The van der Waals surface area contributed by atoms with Gasteiger partial charge in [0.05, 0.1) is 27.3 Å². The summed E-state index contributed by atoms with van der Waals surface area (Å²) in [4.78, 5) is 31.9. The van der Waals surface area contributed by atoms with E-state index < -0.39 is 6.04 Å². The van der Waals surface area contributed by atoms with Crippen molar-refractivity contribution >= 4 is 40.4 Å². The highest BCUT2D eigenvalue weighted by Gasteiger charge is 2.31. The van der Waals surface area contributed by atoms with Gasteiger partial charge in [0.15, 0.2) is 0 Å². The van der Waals surface area contributed by atoms with Crippen LogP contribution in [0.1, 0.15) is 84.6 Å². The largest absolute Gasteiger partial charge is 0.376 e. The summed E-state index contributed by atoms with van der Waals surface area (Å²) < 4.78 is 0. The molecule has 0 radical (unpaired) electrons. The van der Waals surface area contributed by atoms with E-state index in [-0.39, 0.29) is 23.9 Å². The van der Waals surface area contributed by atoms with Gasteiger partial charge in [-0.25, -0.2) is 0 Å². The maximum Gasteiger partial charge on any atom is 0.262 e. The zero-order valence-corrected chi connectivity index (χ0v) is 20.9. The molecule has 0 bridgehead atoms. The topological polar surface area (TPSA) is 83.1 Å². The van der Waals surface area contributed by atoms with Crippen molar-refractivity contribution < 1.29 is 9.59 Å². The predicted octanol–water partition coefficient (Wildman–Crippen LogP) is 5.63. The van der Waals surface area contributed by atoms with Gasteiger partial charge in [-0.1, -0.05) is 44.2 Å². The Kier molecular flexibility index (Phi) is 7.91. The van der Waals surface area contributed by atoms with Crippen LogP contribution in [-0.2, 0) is 4.79 Å². The number of aromatic nitrogens is 1. The molecule has 2 aromatic heterocycles. The van der Waals surface area contributed by atoms with Crippen LogP contribution in [0.2, 0.25) is 5.02 Å². The van der Waals surface area contributed by atoms with Crippen molar-refractivity contribution in [3.8, 4) is 0 Å². The summed E-state index contributed by atoms with van der Waals surface area (Å²) in [5.74, 6) is 0.310. The number of hydrogen-bond acceptors (Lipinski definition) is 5. The van der Waals surface area contributed by atoms with Crippen LogP contribution in [0, 0.1) is 12.8 Å². The average molecular weight is 489 g/mol. The highest BCUT2D eigenvalue weighted by molar-refractivity contribution is 7.14. The maximum absolute atomic E-state index is 13.1. The molecule has 0 spiro atoms. The predicted molar refractivity (Wildman–Crippen MR) is 134 cm³/mol. The zero-order chi connectivity index (χ0) is 23.4. The first-order chi connectivity index (χ1) is 15.9. The van der Waals surface area contributed by atoms with E-state index in [2.05, 4.69) is 27.9 Å². The van der Waals surface area contributed by atoms with E-state index in [1.807, 2.05) is 25.1 Å². The third-order valence-corrected chi connectivity index (χ3v) is 7.98. The third kappa shape index (κ3) is 6.48. The molecule has 178 valence electrons. The Hall–Kier alpha value is -2.12. The maximum atomic E-state index is 13.1. The second kappa shape index (κ2) is 10.9. The summed E-state index contributed by atoms with van der Waals surface area (Å²) in [6.45, 7) is 4.04. The zero-order valence-electron chi connectivity index (χ0n) is 19.3. The molecule has 3 N–H and O–H groups in total. The minimum atomic E-state index is -0.466. The molecule has 2 aliphatic rings. The molecule has 0 aliphatic heterocycles. The molecule has 6 nitrogen and oxygen atoms in total. The monoisotopic (exact) mass is 488 g/mol. The highest BCUT2D eigenvalue weighted by atomic mass is 35.5. The number of aryl methyl sites for hydroxylation is 1. The third-order valence-electron chi connectivity index (χ3n) is 6.57. The summed E-state index contributed by atoms with van der Waals surface area (Å²) in [7, 11) is 0. The van der Waals surface area contributed by atoms with Crippen LogP contribution in [-0.4, -0.2) is 28.9 Å². The summed E-state index contributed by atoms with van der Waals surface area (Å²) >= 11 is 7.59. The number of carbonyl (C=O) groups excluding carboxylic acids is 2. The lowest BCUT2D eigenvalue weighted by atomic mass is 9.97. The molecule has 0 saturated heterocycles. The Morgan fingerprint density at radius 3 is 2.67 bits per heavy atom. The van der Waals surface area contributed by atoms with E-state index >= 15 is 0 Å². The molecule has 2 heterocycles. The van der Waals surface area contributed by atoms with Gasteiger partial charge in [-0.15, -0.1) is 11.3 Å². The first kappa shape index (κ1) is 24.0. The number of nitrogens with one attached hydrogen (secondary N) is 3. The van der Waals surface area contributed by atoms with Crippen LogP contribution in [0.4, 0.5) is 5.69 Å². The standard InChI is InChI=1S/C25H33ClN4O2S/c1-3-19(29-20-13-17(26)14-27-15(20)2)22-10-11-23(33-22)25(32)30-21(12-16-6-4-5-7-16)24(31)28-18-8-9-18/h10-11,13-14,16,18-19,21,29H,3-9,12H2,1-2H3,(H,28,31)(H,30,32)/t19-,21-/m0/s1. The van der Waals surface area contributed by atoms with E-state index in [1.54, 1.807) is 6.20 Å². The van der Waals surface area contributed by atoms with Crippen molar-refractivity contribution in [3.05, 3.63) is 44.9 Å². The summed E-state index contributed by atoms with van der Waals surface area (Å²) in [5, 5.41) is 10.2. The number of thiophene rings is 1. The summed E-state index contributed by atoms with van der Waals surface area (Å²) in [5.41, 5.74) is 1.77. The minimum absolute atomic E-state index is 0.0356. The number of rotatable bonds is 10. The van der Waals surface area contributed by atoms with E-state index in [1.165, 1.54) is 24.2 Å². The van der Waals surface area contributed by atoms with Crippen LogP contribution in [0.5, 0.6) is 0 Å². The van der Waals surface area contributed by atoms with Crippen LogP contribution in [0.3, 0.4) is 0 Å². The fraction of sp³-hybridized carbons (Fsp3) is 0.560. The Morgan fingerprint density at radius 1 is 1.21 bits per heavy atom. The highest BCUT2D eigenvalue weighted by Crippen LogP contribution is 2.32. The normalized spacial score (nSPS) is 18.0. The van der Waals surface area contributed by atoms with Gasteiger partial charge >= 0.3 is 0 Å². The van der Waals surface area contributed by atoms with Gasteiger partial charge < -0.3 is 16.0 Å². The van der Waals surface area contributed by atoms with Gasteiger partial charge in [-0.2, -0.15) is 0 Å². The molecule has 2 fully saturated rings. The lowest BCUT2D eigenvalue weighted by Gasteiger charge is -2.21. The molecular formula is C25H33ClN4O2S. The van der Waals surface area contributed by atoms with Gasteiger partial charge in [0.1, 0.15) is 6.04 Å². The van der Waals surface area contributed by atoms with Crippen molar-refractivity contribution in [1.82, 2.24) is 15.6 Å². The number of pyridine rings is 1. The molecule has 2 saturated carbocycles. The van der Waals surface area contributed by atoms with E-state index in [0.717, 1.165) is 54.8 Å². The van der Waals surface area contributed by atoms with Gasteiger partial charge in [-0.05, 0) is 56.7 Å². The van der Waals surface area contributed by atoms with Crippen molar-refractivity contribution in [3.63, 3.8) is 0 Å². The number of hydrogen-bond donors (Lipinski definition) is 3. The Bertz CT molecular complexity index is 985. The molecule has 4 rings (SSSR count). The van der Waals surface area contributed by atoms with Gasteiger partial charge in [0.25, 0.3) is 5.91 Å². The summed E-state index contributed by atoms with van der Waals surface area (Å²) in [6, 6.07) is 5.59. The van der Waals surface area contributed by atoms with Crippen LogP contribution in [0.25, 0.3) is 0 Å². The molecular weight excluding hydrogens is 456 g/mol. The van der Waals surface area contributed by atoms with Crippen molar-refractivity contribution in [2.75, 3.05) is 5.32 Å². The molecule has 2 atom stereocenters. The fourth-order valence-corrected chi connectivity index (χ4v) is 5.65. The second-order valence-corrected chi connectivity index (χ2v) is 10.8. The van der Waals surface area contributed by atoms with Crippen LogP contribution < -0.4 is 16.0 Å². The van der Waals surface area contributed by atoms with Crippen molar-refractivity contribution in [1.29, 1.82) is 0 Å². The molecule has 33 heavy (non-hydrogen) atoms. The first-order valence-corrected chi connectivity index (χ1v) is 13.2. The van der Waals surface area contributed by atoms with Crippen LogP contribution in [0.15, 0.2) is 24.4 Å². The van der Waals surface area contributed by atoms with E-state index in [4.69, 9.17) is 11.6 Å². The van der Waals surface area contributed by atoms with E-state index in [9.17, 15) is 9.59 Å². The van der Waals surface area contributed by atoms with Crippen molar-refractivity contribution in [2.45, 2.75) is 83.3 Å². The fourth-order valence-electron chi connectivity index (χ4n) is 4.45. The van der Waals surface area contributed by atoms with Gasteiger partial charge in [-0.3, -0.25) is 14.6 Å². The second-order valence-electron chi connectivity index (χ2n) is 9.29. The molecule has 0 aromatic carbocycles. The molecule has 2 aromatic rings. The first-order valence-electron chi connectivity index (χ1n) is 12.0. The molecule has 8 heteroatoms. The van der Waals surface area contributed by atoms with Gasteiger partial charge in [0.2, 0.25) is 5.91 Å². The lowest BCUT2D eigenvalue weighted by molar-refractivity contribution is -0.123. The SMILES string of the molecule is CC[C@H](Nc1cc(Cl)cnc1C)c1ccc(C(=O)N[C@@H](CC2CCCC2)C(=O)NC2CC2)s1. The summed E-state index contributed by atoms with van der Waals surface area (Å²) in [6.07, 6.45) is 10.0. The Labute approximate surface area is 204 Å². The molecule has 0 unspecified atom stereocenters. The smallest absolute Gasteiger partial charge is 0.262 e.